The van der Waals surface area contributed by atoms with E-state index in [1.807, 2.05) is 6.07 Å². The first-order chi connectivity index (χ1) is 11.0. The molecule has 0 spiro atoms. The number of benzene rings is 1. The van der Waals surface area contributed by atoms with Crippen LogP contribution in [0.15, 0.2) is 29.2 Å². The van der Waals surface area contributed by atoms with E-state index < -0.39 is 10.0 Å². The number of carbonyl (C=O) groups excluding carboxylic acids is 1. The molecule has 0 atom stereocenters. The Balaban J connectivity index is 0.00000288. The van der Waals surface area contributed by atoms with Crippen molar-refractivity contribution in [3.63, 3.8) is 0 Å². The number of amides is 1. The van der Waals surface area contributed by atoms with E-state index in [-0.39, 0.29) is 18.3 Å². The van der Waals surface area contributed by atoms with E-state index in [4.69, 9.17) is 5.73 Å². The van der Waals surface area contributed by atoms with Gasteiger partial charge in [0.25, 0.3) is 0 Å². The van der Waals surface area contributed by atoms with Crippen molar-refractivity contribution >= 4 is 28.3 Å². The molecule has 0 aliphatic carbocycles. The van der Waals surface area contributed by atoms with Crippen molar-refractivity contribution < 1.29 is 13.2 Å². The highest BCUT2D eigenvalue weighted by Crippen LogP contribution is 2.21. The third-order valence-electron chi connectivity index (χ3n) is 3.95. The highest BCUT2D eigenvalue weighted by molar-refractivity contribution is 7.89. The minimum Gasteiger partial charge on any atom is -0.352 e. The maximum atomic E-state index is 12.6. The van der Waals surface area contributed by atoms with Gasteiger partial charge >= 0.3 is 0 Å². The van der Waals surface area contributed by atoms with Crippen LogP contribution < -0.4 is 11.1 Å². The molecular formula is C16H26ClN3O3S. The fraction of sp³-hybridized carbons (Fsp3) is 0.562. The predicted molar refractivity (Wildman–Crippen MR) is 96.4 cm³/mol. The summed E-state index contributed by atoms with van der Waals surface area (Å²) in [6.45, 7) is 1.98. The molecule has 0 unspecified atom stereocenters. The van der Waals surface area contributed by atoms with Gasteiger partial charge in [0, 0.05) is 26.1 Å². The maximum absolute atomic E-state index is 12.6. The number of nitrogens with zero attached hydrogens (tertiary/aromatic N) is 1. The first-order valence-corrected chi connectivity index (χ1v) is 9.54. The van der Waals surface area contributed by atoms with Gasteiger partial charge < -0.3 is 11.1 Å². The summed E-state index contributed by atoms with van der Waals surface area (Å²) in [5.74, 6) is -0.0697. The van der Waals surface area contributed by atoms with Crippen molar-refractivity contribution in [2.24, 2.45) is 5.73 Å². The van der Waals surface area contributed by atoms with Crippen LogP contribution in [-0.4, -0.2) is 38.3 Å². The van der Waals surface area contributed by atoms with Gasteiger partial charge in [0.1, 0.15) is 0 Å². The van der Waals surface area contributed by atoms with Crippen LogP contribution in [0.1, 0.15) is 37.7 Å². The smallest absolute Gasteiger partial charge is 0.243 e. The predicted octanol–water partition coefficient (Wildman–Crippen LogP) is 1.64. The lowest BCUT2D eigenvalue weighted by molar-refractivity contribution is -0.121. The molecule has 2 rings (SSSR count). The van der Waals surface area contributed by atoms with Gasteiger partial charge in [-0.2, -0.15) is 4.31 Å². The lowest BCUT2D eigenvalue weighted by atomic mass is 10.2. The molecule has 8 heteroatoms. The van der Waals surface area contributed by atoms with E-state index in [1.165, 1.54) is 0 Å². The second-order valence-corrected chi connectivity index (χ2v) is 7.72. The lowest BCUT2D eigenvalue weighted by Crippen LogP contribution is -2.35. The van der Waals surface area contributed by atoms with Gasteiger partial charge in [-0.15, -0.1) is 12.4 Å². The number of carbonyl (C=O) groups is 1. The Bertz CT molecular complexity index is 631. The van der Waals surface area contributed by atoms with Crippen LogP contribution in [0.4, 0.5) is 0 Å². The van der Waals surface area contributed by atoms with Crippen LogP contribution in [-0.2, 0) is 21.4 Å². The number of piperidine rings is 1. The minimum atomic E-state index is -3.43. The van der Waals surface area contributed by atoms with Crippen LogP contribution in [0.2, 0.25) is 0 Å². The Labute approximate surface area is 150 Å². The summed E-state index contributed by atoms with van der Waals surface area (Å²) in [6, 6.07) is 6.80. The molecule has 0 radical (unpaired) electrons. The van der Waals surface area contributed by atoms with E-state index >= 15 is 0 Å². The highest BCUT2D eigenvalue weighted by atomic mass is 35.5. The molecule has 1 aliphatic rings. The number of nitrogens with one attached hydrogen (secondary N) is 1. The number of nitrogens with two attached hydrogens (primary N) is 1. The molecule has 1 aliphatic heterocycles. The molecule has 1 amide bonds. The van der Waals surface area contributed by atoms with Crippen LogP contribution in [0, 0.1) is 0 Å². The van der Waals surface area contributed by atoms with Crippen molar-refractivity contribution in [2.45, 2.75) is 43.5 Å². The fourth-order valence-electron chi connectivity index (χ4n) is 2.62. The zero-order chi connectivity index (χ0) is 16.7. The summed E-state index contributed by atoms with van der Waals surface area (Å²) in [5.41, 5.74) is 6.15. The third-order valence-corrected chi connectivity index (χ3v) is 5.84. The van der Waals surface area contributed by atoms with Gasteiger partial charge in [0.05, 0.1) is 4.90 Å². The standard InChI is InChI=1S/C16H25N3O3S.ClH/c17-9-5-8-16(20)18-13-14-6-4-7-15(12-14)23(21,22)19-10-2-1-3-11-19;/h4,6-7,12H,1-3,5,8-11,13,17H2,(H,18,20);1H. The molecule has 1 fully saturated rings. The van der Waals surface area contributed by atoms with Gasteiger partial charge in [0.2, 0.25) is 15.9 Å². The third kappa shape index (κ3) is 5.73. The second kappa shape index (κ2) is 9.98. The van der Waals surface area contributed by atoms with Crippen molar-refractivity contribution in [1.82, 2.24) is 9.62 Å². The van der Waals surface area contributed by atoms with E-state index in [2.05, 4.69) is 5.32 Å². The number of hydrogen-bond donors (Lipinski definition) is 2. The normalized spacial score (nSPS) is 15.5. The summed E-state index contributed by atoms with van der Waals surface area (Å²) < 4.78 is 26.8. The zero-order valence-electron chi connectivity index (χ0n) is 13.7. The van der Waals surface area contributed by atoms with Crippen molar-refractivity contribution in [1.29, 1.82) is 0 Å². The summed E-state index contributed by atoms with van der Waals surface area (Å²) in [7, 11) is -3.43. The van der Waals surface area contributed by atoms with Gasteiger partial charge in [-0.25, -0.2) is 8.42 Å². The first-order valence-electron chi connectivity index (χ1n) is 8.10. The Morgan fingerprint density at radius 1 is 1.21 bits per heavy atom. The summed E-state index contributed by atoms with van der Waals surface area (Å²) in [5, 5.41) is 2.79. The topological polar surface area (TPSA) is 92.5 Å². The Kier molecular flexibility index (Phi) is 8.69. The van der Waals surface area contributed by atoms with Gasteiger partial charge in [-0.1, -0.05) is 18.6 Å². The van der Waals surface area contributed by atoms with E-state index in [1.54, 1.807) is 22.5 Å². The Hall–Kier alpha value is -1.15. The molecule has 6 nitrogen and oxygen atoms in total. The van der Waals surface area contributed by atoms with Crippen LogP contribution >= 0.6 is 12.4 Å². The molecule has 0 saturated carbocycles. The lowest BCUT2D eigenvalue weighted by Gasteiger charge is -2.26. The molecule has 3 N–H and O–H groups in total. The Morgan fingerprint density at radius 3 is 2.58 bits per heavy atom. The molecule has 1 saturated heterocycles. The number of hydrogen-bond acceptors (Lipinski definition) is 4. The summed E-state index contributed by atoms with van der Waals surface area (Å²) in [4.78, 5) is 11.9. The summed E-state index contributed by atoms with van der Waals surface area (Å²) in [6.07, 6.45) is 3.95. The van der Waals surface area contributed by atoms with E-state index in [9.17, 15) is 13.2 Å². The molecule has 0 aromatic heterocycles. The van der Waals surface area contributed by atoms with Crippen molar-refractivity contribution in [3.8, 4) is 0 Å². The molecular weight excluding hydrogens is 350 g/mol. The number of halogens is 1. The Morgan fingerprint density at radius 2 is 1.92 bits per heavy atom. The first kappa shape index (κ1) is 20.9. The largest absolute Gasteiger partial charge is 0.352 e. The van der Waals surface area contributed by atoms with Gasteiger partial charge in [0.15, 0.2) is 0 Å². The van der Waals surface area contributed by atoms with Crippen molar-refractivity contribution in [3.05, 3.63) is 29.8 Å². The number of sulfonamides is 1. The molecule has 0 bridgehead atoms. The van der Waals surface area contributed by atoms with Gasteiger partial charge in [-0.05, 0) is 43.5 Å². The second-order valence-electron chi connectivity index (χ2n) is 5.78. The highest BCUT2D eigenvalue weighted by Gasteiger charge is 2.25. The van der Waals surface area contributed by atoms with Crippen LogP contribution in [0.5, 0.6) is 0 Å². The SMILES string of the molecule is Cl.NCCCC(=O)NCc1cccc(S(=O)(=O)N2CCCCC2)c1. The summed E-state index contributed by atoms with van der Waals surface area (Å²) >= 11 is 0. The molecule has 1 aromatic rings. The quantitative estimate of drug-likeness (QED) is 0.757. The average Bonchev–Trinajstić information content (AvgIpc) is 2.59. The minimum absolute atomic E-state index is 0. The molecule has 1 aromatic carbocycles. The van der Waals surface area contributed by atoms with Crippen LogP contribution in [0.25, 0.3) is 0 Å². The van der Waals surface area contributed by atoms with Gasteiger partial charge in [-0.3, -0.25) is 4.79 Å². The number of rotatable bonds is 7. The van der Waals surface area contributed by atoms with Crippen LogP contribution in [0.3, 0.4) is 0 Å². The van der Waals surface area contributed by atoms with E-state index in [0.29, 0.717) is 43.9 Å². The average molecular weight is 376 g/mol. The van der Waals surface area contributed by atoms with Crippen molar-refractivity contribution in [2.75, 3.05) is 19.6 Å². The zero-order valence-corrected chi connectivity index (χ0v) is 15.4. The van der Waals surface area contributed by atoms with E-state index in [0.717, 1.165) is 24.8 Å². The monoisotopic (exact) mass is 375 g/mol. The molecule has 1 heterocycles. The maximum Gasteiger partial charge on any atom is 0.243 e. The molecule has 24 heavy (non-hydrogen) atoms. The molecule has 136 valence electrons. The fourth-order valence-corrected chi connectivity index (χ4v) is 4.21.